The van der Waals surface area contributed by atoms with Crippen LogP contribution in [0, 0.1) is 23.2 Å². The van der Waals surface area contributed by atoms with Crippen LogP contribution in [0.25, 0.3) is 11.0 Å². The molecule has 0 aliphatic carbocycles. The second kappa shape index (κ2) is 10.2. The number of aliphatic hydroxyl groups is 1. The minimum absolute atomic E-state index is 0.150. The molecule has 7 nitrogen and oxygen atoms in total. The lowest BCUT2D eigenvalue weighted by Gasteiger charge is -2.47. The van der Waals surface area contributed by atoms with Gasteiger partial charge in [0.25, 0.3) is 0 Å². The van der Waals surface area contributed by atoms with E-state index >= 15 is 0 Å². The van der Waals surface area contributed by atoms with Gasteiger partial charge >= 0.3 is 0 Å². The van der Waals surface area contributed by atoms with Crippen molar-refractivity contribution < 1.29 is 5.11 Å². The van der Waals surface area contributed by atoms with Crippen LogP contribution in [0.15, 0.2) is 30.6 Å². The van der Waals surface area contributed by atoms with Crippen LogP contribution in [0.4, 0.5) is 5.82 Å². The summed E-state index contributed by atoms with van der Waals surface area (Å²) in [6.45, 7) is 7.02. The highest BCUT2D eigenvalue weighted by molar-refractivity contribution is 6.35. The van der Waals surface area contributed by atoms with Crippen molar-refractivity contribution in [3.8, 4) is 6.07 Å². The van der Waals surface area contributed by atoms with Crippen LogP contribution in [0.3, 0.4) is 0 Å². The average Bonchev–Trinajstić information content (AvgIpc) is 2.82. The summed E-state index contributed by atoms with van der Waals surface area (Å²) in [5.74, 6) is 1.92. The van der Waals surface area contributed by atoms with Crippen LogP contribution in [0.5, 0.6) is 0 Å². The molecule has 0 radical (unpaired) electrons. The number of anilines is 1. The van der Waals surface area contributed by atoms with E-state index in [-0.39, 0.29) is 12.5 Å². The number of pyridine rings is 1. The quantitative estimate of drug-likeness (QED) is 0.522. The molecule has 5 rings (SSSR count). The molecule has 0 unspecified atom stereocenters. The summed E-state index contributed by atoms with van der Waals surface area (Å²) in [5, 5.41) is 20.0. The van der Waals surface area contributed by atoms with Crippen molar-refractivity contribution >= 4 is 40.1 Å². The van der Waals surface area contributed by atoms with Gasteiger partial charge in [-0.1, -0.05) is 36.2 Å². The molecule has 0 saturated carbocycles. The van der Waals surface area contributed by atoms with Gasteiger partial charge in [-0.25, -0.2) is 9.97 Å². The molecule has 2 aliphatic heterocycles. The van der Waals surface area contributed by atoms with Gasteiger partial charge in [-0.05, 0) is 48.9 Å². The van der Waals surface area contributed by atoms with E-state index in [4.69, 9.17) is 28.2 Å². The maximum absolute atomic E-state index is 9.61. The third kappa shape index (κ3) is 4.81. The normalized spacial score (nSPS) is 20.0. The lowest BCUT2D eigenvalue weighted by atomic mass is 9.80. The van der Waals surface area contributed by atoms with E-state index in [1.54, 1.807) is 18.5 Å². The number of nitrogens with zero attached hydrogens (tertiary/aromatic N) is 6. The molecule has 2 atom stereocenters. The first kappa shape index (κ1) is 24.2. The molecule has 182 valence electrons. The summed E-state index contributed by atoms with van der Waals surface area (Å²) >= 11 is 12.6. The fourth-order valence-corrected chi connectivity index (χ4v) is 5.95. The highest BCUT2D eigenvalue weighted by Crippen LogP contribution is 2.36. The van der Waals surface area contributed by atoms with E-state index < -0.39 is 0 Å². The number of halogens is 2. The summed E-state index contributed by atoms with van der Waals surface area (Å²) in [5.41, 5.74) is 3.24. The van der Waals surface area contributed by atoms with E-state index in [9.17, 15) is 10.4 Å². The molecule has 9 heteroatoms. The summed E-state index contributed by atoms with van der Waals surface area (Å²) in [4.78, 5) is 18.8. The molecule has 4 heterocycles. The molecule has 3 aromatic rings. The molecular weight excluding hydrogens is 483 g/mol. The number of likely N-dealkylation sites (tertiary alicyclic amines) is 1. The van der Waals surface area contributed by atoms with Gasteiger partial charge in [-0.3, -0.25) is 4.98 Å². The zero-order chi connectivity index (χ0) is 24.5. The van der Waals surface area contributed by atoms with Gasteiger partial charge in [0.2, 0.25) is 0 Å². The first-order valence-electron chi connectivity index (χ1n) is 12.1. The number of aromatic nitrogens is 3. The highest BCUT2D eigenvalue weighted by Gasteiger charge is 2.36. The van der Waals surface area contributed by atoms with Crippen molar-refractivity contribution in [3.63, 3.8) is 0 Å². The van der Waals surface area contributed by atoms with Gasteiger partial charge in [-0.2, -0.15) is 5.26 Å². The predicted molar refractivity (Wildman–Crippen MR) is 138 cm³/mol. The van der Waals surface area contributed by atoms with Gasteiger partial charge in [0.05, 0.1) is 24.1 Å². The Kier molecular flexibility index (Phi) is 7.08. The van der Waals surface area contributed by atoms with Crippen molar-refractivity contribution in [2.24, 2.45) is 11.8 Å². The Balaban J connectivity index is 1.41. The van der Waals surface area contributed by atoms with E-state index in [0.29, 0.717) is 38.5 Å². The summed E-state index contributed by atoms with van der Waals surface area (Å²) in [6, 6.07) is 7.64. The number of nitriles is 1. The first-order valence-corrected chi connectivity index (χ1v) is 12.8. The SMILES string of the molecule is C[C@H](c1ccc(Cl)cc1Cl)c1ncc(C#N)c2ncc(N3CC([C@H]4CCCN(CCO)C4)C3)nc12. The number of piperidine rings is 1. The van der Waals surface area contributed by atoms with Gasteiger partial charge in [0.1, 0.15) is 22.9 Å². The monoisotopic (exact) mass is 510 g/mol. The predicted octanol–water partition coefficient (Wildman–Crippen LogP) is 4.50. The number of aliphatic hydroxyl groups excluding tert-OH is 1. The van der Waals surface area contributed by atoms with Crippen LogP contribution < -0.4 is 4.90 Å². The zero-order valence-corrected chi connectivity index (χ0v) is 21.2. The smallest absolute Gasteiger partial charge is 0.147 e. The maximum atomic E-state index is 9.61. The molecule has 2 fully saturated rings. The molecule has 0 spiro atoms. The van der Waals surface area contributed by atoms with Gasteiger partial charge in [-0.15, -0.1) is 0 Å². The number of rotatable bonds is 6. The number of benzene rings is 1. The lowest BCUT2D eigenvalue weighted by Crippen LogP contribution is -2.54. The Morgan fingerprint density at radius 2 is 1.97 bits per heavy atom. The molecule has 0 amide bonds. The molecule has 2 saturated heterocycles. The summed E-state index contributed by atoms with van der Waals surface area (Å²) in [7, 11) is 0. The number of hydrogen-bond acceptors (Lipinski definition) is 7. The number of fused-ring (bicyclic) bond motifs is 1. The molecule has 35 heavy (non-hydrogen) atoms. The zero-order valence-electron chi connectivity index (χ0n) is 19.7. The average molecular weight is 511 g/mol. The number of β-amino-alcohol motifs (C(OH)–C–C–N with tert-alkyl or cyclic N) is 1. The Hall–Kier alpha value is -2.50. The topological polar surface area (TPSA) is 89.2 Å². The molecular formula is C26H28Cl2N6O. The minimum atomic E-state index is -0.150. The van der Waals surface area contributed by atoms with E-state index in [0.717, 1.165) is 49.8 Å². The first-order chi connectivity index (χ1) is 17.0. The largest absolute Gasteiger partial charge is 0.395 e. The molecule has 1 N–H and O–H groups in total. The highest BCUT2D eigenvalue weighted by atomic mass is 35.5. The van der Waals surface area contributed by atoms with Gasteiger partial charge < -0.3 is 14.9 Å². The van der Waals surface area contributed by atoms with Gasteiger partial charge in [0.15, 0.2) is 0 Å². The van der Waals surface area contributed by atoms with Crippen molar-refractivity contribution in [2.45, 2.75) is 25.7 Å². The van der Waals surface area contributed by atoms with Crippen LogP contribution in [-0.4, -0.2) is 64.3 Å². The lowest BCUT2D eigenvalue weighted by molar-refractivity contribution is 0.101. The fraction of sp³-hybridized carbons (Fsp3) is 0.462. The van der Waals surface area contributed by atoms with Crippen molar-refractivity contribution in [1.82, 2.24) is 19.9 Å². The van der Waals surface area contributed by atoms with Crippen LogP contribution in [0.1, 0.15) is 42.5 Å². The van der Waals surface area contributed by atoms with Crippen LogP contribution in [0.2, 0.25) is 10.0 Å². The third-order valence-corrected chi connectivity index (χ3v) is 7.97. The van der Waals surface area contributed by atoms with Gasteiger partial charge in [0, 0.05) is 48.3 Å². The second-order valence-electron chi connectivity index (χ2n) is 9.57. The second-order valence-corrected chi connectivity index (χ2v) is 10.4. The molecule has 2 aromatic heterocycles. The molecule has 0 bridgehead atoms. The molecule has 1 aromatic carbocycles. The Morgan fingerprint density at radius 3 is 2.71 bits per heavy atom. The van der Waals surface area contributed by atoms with E-state index in [1.807, 2.05) is 19.1 Å². The Bertz CT molecular complexity index is 1270. The third-order valence-electron chi connectivity index (χ3n) is 7.41. The summed E-state index contributed by atoms with van der Waals surface area (Å²) in [6.07, 6.45) is 5.76. The number of hydrogen-bond donors (Lipinski definition) is 1. The molecule has 2 aliphatic rings. The standard InChI is InChI=1S/C26H28Cl2N6O/c1-16(21-5-4-20(27)9-22(21)28)24-26-25(18(10-29)11-30-24)31-12-23(32-26)34-14-19(15-34)17-3-2-6-33(13-17)7-8-35/h4-5,9,11-12,16-17,19,35H,2-3,6-8,13-15H2,1H3/t16-,17+/m1/s1. The maximum Gasteiger partial charge on any atom is 0.147 e. The van der Waals surface area contributed by atoms with E-state index in [1.165, 1.54) is 12.8 Å². The van der Waals surface area contributed by atoms with E-state index in [2.05, 4.69) is 25.8 Å². The summed E-state index contributed by atoms with van der Waals surface area (Å²) < 4.78 is 0. The minimum Gasteiger partial charge on any atom is -0.395 e. The van der Waals surface area contributed by atoms with Crippen molar-refractivity contribution in [1.29, 1.82) is 5.26 Å². The Morgan fingerprint density at radius 1 is 1.14 bits per heavy atom. The van der Waals surface area contributed by atoms with Crippen molar-refractivity contribution in [2.75, 3.05) is 44.2 Å². The van der Waals surface area contributed by atoms with Crippen molar-refractivity contribution in [3.05, 3.63) is 57.5 Å². The van der Waals surface area contributed by atoms with Crippen LogP contribution >= 0.6 is 23.2 Å². The Labute approximate surface area is 215 Å². The van der Waals surface area contributed by atoms with Crippen LogP contribution in [-0.2, 0) is 0 Å². The fourth-order valence-electron chi connectivity index (χ4n) is 5.38.